The number of carbonyl (C=O) groups is 2. The molecule has 3 aromatic rings. The first-order chi connectivity index (χ1) is 16.5. The molecule has 1 saturated carbocycles. The molecule has 3 aromatic carbocycles. The van der Waals surface area contributed by atoms with Crippen LogP contribution in [0.1, 0.15) is 72.0 Å². The Bertz CT molecular complexity index is 1110. The van der Waals surface area contributed by atoms with Gasteiger partial charge >= 0.3 is 6.03 Å². The van der Waals surface area contributed by atoms with Crippen molar-refractivity contribution in [1.82, 2.24) is 5.32 Å². The minimum atomic E-state index is -0.297. The maximum atomic E-state index is 11.8. The molecule has 174 valence electrons. The van der Waals surface area contributed by atoms with Gasteiger partial charge in [-0.1, -0.05) is 73.9 Å². The lowest BCUT2D eigenvalue weighted by atomic mass is 9.84. The molecule has 0 heterocycles. The van der Waals surface area contributed by atoms with E-state index in [4.69, 9.17) is 5.26 Å². The molecular formula is C29H31N3O2. The molecule has 1 fully saturated rings. The number of nitrogens with one attached hydrogen (secondary N) is 2. The smallest absolute Gasteiger partial charge is 0.319 e. The number of Topliss-reactive ketones (excluding diaryl/α,β-unsaturated/α-hetero) is 1. The second kappa shape index (κ2) is 13.0. The van der Waals surface area contributed by atoms with E-state index >= 15 is 0 Å². The molecule has 0 bridgehead atoms. The number of ketones is 1. The number of carbonyl (C=O) groups excluding carboxylic acids is 2. The van der Waals surface area contributed by atoms with Crippen LogP contribution in [0.4, 0.5) is 10.5 Å². The van der Waals surface area contributed by atoms with Crippen LogP contribution in [0.5, 0.6) is 0 Å². The Morgan fingerprint density at radius 1 is 0.912 bits per heavy atom. The minimum Gasteiger partial charge on any atom is -0.334 e. The number of hydrogen-bond donors (Lipinski definition) is 2. The molecule has 5 heteroatoms. The molecule has 2 amide bonds. The zero-order valence-electron chi connectivity index (χ0n) is 19.6. The Hall–Kier alpha value is -3.91. The summed E-state index contributed by atoms with van der Waals surface area (Å²) in [6, 6.07) is 26.5. The fourth-order valence-corrected chi connectivity index (χ4v) is 4.04. The quantitative estimate of drug-likeness (QED) is 0.416. The summed E-state index contributed by atoms with van der Waals surface area (Å²) in [5.74, 6) is 0.717. The standard InChI is InChI=1S/C16H16N2O2.C13H15N/c1-12(19)14-8-5-9-15(10-14)18-16(20)17-11-13-6-3-2-4-7-13;14-10-11-6-8-13(9-7-11)12-4-2-1-3-5-12/h2-10H,11H2,1H3,(H2,17,18,20);6-9,12H,1-5H2. The summed E-state index contributed by atoms with van der Waals surface area (Å²) in [4.78, 5) is 23.0. The van der Waals surface area contributed by atoms with Gasteiger partial charge in [-0.25, -0.2) is 4.79 Å². The predicted octanol–water partition coefficient (Wildman–Crippen LogP) is 6.82. The van der Waals surface area contributed by atoms with Gasteiger partial charge in [-0.2, -0.15) is 5.26 Å². The molecule has 1 aliphatic carbocycles. The van der Waals surface area contributed by atoms with Crippen molar-refractivity contribution in [2.45, 2.75) is 51.5 Å². The number of nitriles is 1. The van der Waals surface area contributed by atoms with Crippen LogP contribution in [-0.2, 0) is 6.54 Å². The van der Waals surface area contributed by atoms with E-state index in [-0.39, 0.29) is 11.8 Å². The Balaban J connectivity index is 0.000000202. The molecule has 0 unspecified atom stereocenters. The number of anilines is 1. The summed E-state index contributed by atoms with van der Waals surface area (Å²) < 4.78 is 0. The van der Waals surface area contributed by atoms with Crippen molar-refractivity contribution in [3.63, 3.8) is 0 Å². The van der Waals surface area contributed by atoms with E-state index in [1.807, 2.05) is 42.5 Å². The van der Waals surface area contributed by atoms with Crippen LogP contribution in [0.2, 0.25) is 0 Å². The maximum Gasteiger partial charge on any atom is 0.319 e. The molecule has 0 atom stereocenters. The molecule has 0 spiro atoms. The summed E-state index contributed by atoms with van der Waals surface area (Å²) in [6.07, 6.45) is 6.78. The van der Waals surface area contributed by atoms with Gasteiger partial charge in [0.1, 0.15) is 0 Å². The van der Waals surface area contributed by atoms with Crippen molar-refractivity contribution < 1.29 is 9.59 Å². The van der Waals surface area contributed by atoms with Gasteiger partial charge in [0.25, 0.3) is 0 Å². The number of hydrogen-bond acceptors (Lipinski definition) is 3. The van der Waals surface area contributed by atoms with Crippen LogP contribution < -0.4 is 10.6 Å². The fraction of sp³-hybridized carbons (Fsp3) is 0.276. The monoisotopic (exact) mass is 453 g/mol. The van der Waals surface area contributed by atoms with E-state index in [1.165, 1.54) is 44.6 Å². The number of urea groups is 1. The van der Waals surface area contributed by atoms with E-state index in [2.05, 4.69) is 28.8 Å². The topological polar surface area (TPSA) is 82.0 Å². The third-order valence-corrected chi connectivity index (χ3v) is 5.94. The number of nitrogens with zero attached hydrogens (tertiary/aromatic N) is 1. The molecule has 4 rings (SSSR count). The molecule has 0 aliphatic heterocycles. The molecule has 0 radical (unpaired) electrons. The van der Waals surface area contributed by atoms with E-state index in [0.717, 1.165) is 17.0 Å². The van der Waals surface area contributed by atoms with Gasteiger partial charge in [-0.15, -0.1) is 0 Å². The second-order valence-corrected chi connectivity index (χ2v) is 8.50. The molecular weight excluding hydrogens is 422 g/mol. The van der Waals surface area contributed by atoms with Crippen LogP contribution in [0.15, 0.2) is 78.9 Å². The van der Waals surface area contributed by atoms with Crippen molar-refractivity contribution in [3.05, 3.63) is 101 Å². The number of benzene rings is 3. The lowest BCUT2D eigenvalue weighted by Gasteiger charge is -2.21. The highest BCUT2D eigenvalue weighted by molar-refractivity contribution is 5.96. The average molecular weight is 454 g/mol. The summed E-state index contributed by atoms with van der Waals surface area (Å²) in [7, 11) is 0. The van der Waals surface area contributed by atoms with Crippen molar-refractivity contribution in [1.29, 1.82) is 5.26 Å². The highest BCUT2D eigenvalue weighted by atomic mass is 16.2. The summed E-state index contributed by atoms with van der Waals surface area (Å²) in [5, 5.41) is 14.2. The highest BCUT2D eigenvalue weighted by Gasteiger charge is 2.14. The minimum absolute atomic E-state index is 0.0293. The maximum absolute atomic E-state index is 11.8. The number of rotatable bonds is 5. The van der Waals surface area contributed by atoms with E-state index in [1.54, 1.807) is 24.3 Å². The van der Waals surface area contributed by atoms with Crippen molar-refractivity contribution in [2.24, 2.45) is 0 Å². The zero-order chi connectivity index (χ0) is 24.2. The van der Waals surface area contributed by atoms with Gasteiger partial charge in [-0.3, -0.25) is 4.79 Å². The Labute approximate surface area is 201 Å². The first-order valence-electron chi connectivity index (χ1n) is 11.7. The molecule has 1 aliphatic rings. The Morgan fingerprint density at radius 2 is 1.62 bits per heavy atom. The third kappa shape index (κ3) is 7.90. The van der Waals surface area contributed by atoms with Crippen LogP contribution in [0.3, 0.4) is 0 Å². The first kappa shape index (κ1) is 24.7. The van der Waals surface area contributed by atoms with Crippen molar-refractivity contribution >= 4 is 17.5 Å². The first-order valence-corrected chi connectivity index (χ1v) is 11.7. The van der Waals surface area contributed by atoms with Crippen LogP contribution in [-0.4, -0.2) is 11.8 Å². The van der Waals surface area contributed by atoms with Crippen LogP contribution in [0, 0.1) is 11.3 Å². The van der Waals surface area contributed by atoms with Gasteiger partial charge in [0.2, 0.25) is 0 Å². The van der Waals surface area contributed by atoms with E-state index < -0.39 is 0 Å². The predicted molar refractivity (Wildman–Crippen MR) is 136 cm³/mol. The highest BCUT2D eigenvalue weighted by Crippen LogP contribution is 2.32. The molecule has 5 nitrogen and oxygen atoms in total. The number of amides is 2. The lowest BCUT2D eigenvalue weighted by Crippen LogP contribution is -2.28. The molecule has 0 aromatic heterocycles. The van der Waals surface area contributed by atoms with Gasteiger partial charge in [0.15, 0.2) is 5.78 Å². The van der Waals surface area contributed by atoms with E-state index in [0.29, 0.717) is 17.8 Å². The second-order valence-electron chi connectivity index (χ2n) is 8.50. The summed E-state index contributed by atoms with van der Waals surface area (Å²) in [5.41, 5.74) is 4.39. The van der Waals surface area contributed by atoms with Gasteiger partial charge in [0, 0.05) is 17.8 Å². The average Bonchev–Trinajstić information content (AvgIpc) is 2.89. The van der Waals surface area contributed by atoms with Crippen molar-refractivity contribution in [2.75, 3.05) is 5.32 Å². The van der Waals surface area contributed by atoms with Gasteiger partial charge in [-0.05, 0) is 61.1 Å². The normalized spacial score (nSPS) is 13.1. The van der Waals surface area contributed by atoms with Crippen LogP contribution in [0.25, 0.3) is 0 Å². The van der Waals surface area contributed by atoms with Crippen molar-refractivity contribution in [3.8, 4) is 6.07 Å². The third-order valence-electron chi connectivity index (χ3n) is 5.94. The molecule has 34 heavy (non-hydrogen) atoms. The lowest BCUT2D eigenvalue weighted by molar-refractivity contribution is 0.101. The largest absolute Gasteiger partial charge is 0.334 e. The van der Waals surface area contributed by atoms with Crippen LogP contribution >= 0.6 is 0 Å². The van der Waals surface area contributed by atoms with E-state index in [9.17, 15) is 9.59 Å². The Kier molecular flexibility index (Phi) is 9.42. The molecule has 2 N–H and O–H groups in total. The zero-order valence-corrected chi connectivity index (χ0v) is 19.6. The fourth-order valence-electron chi connectivity index (χ4n) is 4.04. The summed E-state index contributed by atoms with van der Waals surface area (Å²) >= 11 is 0. The Morgan fingerprint density at radius 3 is 2.26 bits per heavy atom. The van der Waals surface area contributed by atoms with Gasteiger partial charge < -0.3 is 10.6 Å². The summed E-state index contributed by atoms with van der Waals surface area (Å²) in [6.45, 7) is 1.95. The molecule has 0 saturated heterocycles. The van der Waals surface area contributed by atoms with Gasteiger partial charge in [0.05, 0.1) is 11.6 Å². The SMILES string of the molecule is CC(=O)c1cccc(NC(=O)NCc2ccccc2)c1.N#Cc1ccc(C2CCCCC2)cc1.